The van der Waals surface area contributed by atoms with E-state index in [0.29, 0.717) is 16.4 Å². The lowest BCUT2D eigenvalue weighted by Gasteiger charge is -2.04. The van der Waals surface area contributed by atoms with Crippen molar-refractivity contribution in [3.05, 3.63) is 33.0 Å². The van der Waals surface area contributed by atoms with Gasteiger partial charge in [-0.15, -0.1) is 0 Å². The van der Waals surface area contributed by atoms with Gasteiger partial charge in [-0.3, -0.25) is 0 Å². The number of benzene rings is 1. The van der Waals surface area contributed by atoms with Gasteiger partial charge in [0.1, 0.15) is 0 Å². The first kappa shape index (κ1) is 11.6. The Balaban J connectivity index is 2.62. The SMILES string of the molecule is Nc1nc(Cl)nc(-c2cc(Cl)ccc2Br)n1. The number of nitrogens with two attached hydrogens (primary N) is 1. The maximum absolute atomic E-state index is 5.89. The molecule has 2 rings (SSSR count). The zero-order valence-electron chi connectivity index (χ0n) is 7.78. The van der Waals surface area contributed by atoms with Crippen LogP contribution >= 0.6 is 39.1 Å². The van der Waals surface area contributed by atoms with E-state index in [0.717, 1.165) is 4.47 Å². The summed E-state index contributed by atoms with van der Waals surface area (Å²) in [5, 5.41) is 0.627. The molecule has 0 atom stereocenters. The van der Waals surface area contributed by atoms with Gasteiger partial charge in [-0.2, -0.15) is 15.0 Å². The number of nitrogens with zero attached hydrogens (tertiary/aromatic N) is 3. The van der Waals surface area contributed by atoms with E-state index in [1.54, 1.807) is 18.2 Å². The number of hydrogen-bond acceptors (Lipinski definition) is 4. The topological polar surface area (TPSA) is 64.7 Å². The van der Waals surface area contributed by atoms with Crippen molar-refractivity contribution >= 4 is 45.1 Å². The number of rotatable bonds is 1. The molecule has 1 aromatic carbocycles. The lowest BCUT2D eigenvalue weighted by atomic mass is 10.2. The summed E-state index contributed by atoms with van der Waals surface area (Å²) in [6.45, 7) is 0. The summed E-state index contributed by atoms with van der Waals surface area (Å²) in [5.74, 6) is 0.453. The highest BCUT2D eigenvalue weighted by Crippen LogP contribution is 2.29. The molecule has 0 saturated heterocycles. The molecular formula is C9H5BrCl2N4. The summed E-state index contributed by atoms with van der Waals surface area (Å²) in [4.78, 5) is 11.7. The van der Waals surface area contributed by atoms with Gasteiger partial charge in [-0.05, 0) is 29.8 Å². The Bertz CT molecular complexity index is 527. The summed E-state index contributed by atoms with van der Waals surface area (Å²) in [6.07, 6.45) is 0. The lowest BCUT2D eigenvalue weighted by molar-refractivity contribution is 1.07. The van der Waals surface area contributed by atoms with Gasteiger partial charge in [-0.25, -0.2) is 0 Å². The van der Waals surface area contributed by atoms with Gasteiger partial charge in [0, 0.05) is 15.1 Å². The number of anilines is 1. The number of halogens is 3. The molecule has 2 aromatic rings. The normalized spacial score (nSPS) is 10.4. The van der Waals surface area contributed by atoms with Crippen molar-refractivity contribution in [3.63, 3.8) is 0 Å². The molecular weight excluding hydrogens is 315 g/mol. The predicted octanol–water partition coefficient (Wildman–Crippen LogP) is 3.19. The van der Waals surface area contributed by atoms with E-state index in [1.165, 1.54) is 0 Å². The summed E-state index contributed by atoms with van der Waals surface area (Å²) >= 11 is 15.0. The van der Waals surface area contributed by atoms with Crippen LogP contribution < -0.4 is 5.73 Å². The second kappa shape index (κ2) is 4.53. The van der Waals surface area contributed by atoms with E-state index in [2.05, 4.69) is 30.9 Å². The van der Waals surface area contributed by atoms with Gasteiger partial charge >= 0.3 is 0 Å². The third-order valence-electron chi connectivity index (χ3n) is 1.79. The predicted molar refractivity (Wildman–Crippen MR) is 67.4 cm³/mol. The Morgan fingerprint density at radius 1 is 1.12 bits per heavy atom. The Labute approximate surface area is 110 Å². The molecule has 0 amide bonds. The molecule has 0 spiro atoms. The standard InChI is InChI=1S/C9H5BrCl2N4/c10-6-2-1-4(11)3-5(6)7-14-8(12)16-9(13)15-7/h1-3H,(H2,13,14,15,16). The van der Waals surface area contributed by atoms with Crippen LogP contribution in [-0.2, 0) is 0 Å². The van der Waals surface area contributed by atoms with Crippen LogP contribution in [0.4, 0.5) is 5.95 Å². The molecule has 4 nitrogen and oxygen atoms in total. The maximum Gasteiger partial charge on any atom is 0.227 e. The highest BCUT2D eigenvalue weighted by molar-refractivity contribution is 9.10. The van der Waals surface area contributed by atoms with Crippen molar-refractivity contribution in [2.24, 2.45) is 0 Å². The third kappa shape index (κ3) is 2.42. The van der Waals surface area contributed by atoms with Crippen LogP contribution in [0.15, 0.2) is 22.7 Å². The van der Waals surface area contributed by atoms with Crippen molar-refractivity contribution < 1.29 is 0 Å². The first-order chi connectivity index (χ1) is 7.56. The molecule has 0 aliphatic heterocycles. The lowest BCUT2D eigenvalue weighted by Crippen LogP contribution is -2.00. The minimum Gasteiger partial charge on any atom is -0.368 e. The Morgan fingerprint density at radius 2 is 1.88 bits per heavy atom. The Kier molecular flexibility index (Phi) is 3.28. The Morgan fingerprint density at radius 3 is 2.56 bits per heavy atom. The van der Waals surface area contributed by atoms with Gasteiger partial charge < -0.3 is 5.73 Å². The van der Waals surface area contributed by atoms with Crippen LogP contribution in [0.25, 0.3) is 11.4 Å². The van der Waals surface area contributed by atoms with Gasteiger partial charge in [0.15, 0.2) is 5.82 Å². The number of nitrogen functional groups attached to an aromatic ring is 1. The van der Waals surface area contributed by atoms with E-state index >= 15 is 0 Å². The highest BCUT2D eigenvalue weighted by Gasteiger charge is 2.09. The van der Waals surface area contributed by atoms with E-state index in [1.807, 2.05) is 0 Å². The molecule has 0 saturated carbocycles. The van der Waals surface area contributed by atoms with Crippen LogP contribution in [-0.4, -0.2) is 15.0 Å². The first-order valence-electron chi connectivity index (χ1n) is 4.19. The summed E-state index contributed by atoms with van der Waals surface area (Å²) in [5.41, 5.74) is 6.20. The molecule has 0 aliphatic rings. The number of hydrogen-bond donors (Lipinski definition) is 1. The second-order valence-electron chi connectivity index (χ2n) is 2.91. The van der Waals surface area contributed by atoms with Gasteiger partial charge in [0.05, 0.1) is 0 Å². The minimum atomic E-state index is 0.0503. The average molecular weight is 320 g/mol. The molecule has 0 unspecified atom stereocenters. The fourth-order valence-electron chi connectivity index (χ4n) is 1.15. The van der Waals surface area contributed by atoms with Crippen LogP contribution in [0.5, 0.6) is 0 Å². The largest absolute Gasteiger partial charge is 0.368 e. The summed E-state index contributed by atoms with van der Waals surface area (Å²) < 4.78 is 0.804. The molecule has 1 aromatic heterocycles. The van der Waals surface area contributed by atoms with Crippen LogP contribution in [0.2, 0.25) is 10.3 Å². The second-order valence-corrected chi connectivity index (χ2v) is 4.54. The minimum absolute atomic E-state index is 0.0503. The molecule has 0 bridgehead atoms. The van der Waals surface area contributed by atoms with Gasteiger partial charge in [-0.1, -0.05) is 27.5 Å². The molecule has 1 heterocycles. The molecule has 7 heteroatoms. The van der Waals surface area contributed by atoms with Crippen LogP contribution in [0, 0.1) is 0 Å². The van der Waals surface area contributed by atoms with Crippen LogP contribution in [0.3, 0.4) is 0 Å². The van der Waals surface area contributed by atoms with Crippen molar-refractivity contribution in [1.29, 1.82) is 0 Å². The molecule has 82 valence electrons. The molecule has 0 radical (unpaired) electrons. The van der Waals surface area contributed by atoms with Gasteiger partial charge in [0.25, 0.3) is 0 Å². The molecule has 0 aliphatic carbocycles. The van der Waals surface area contributed by atoms with Gasteiger partial charge in [0.2, 0.25) is 11.2 Å². The van der Waals surface area contributed by atoms with Crippen molar-refractivity contribution in [2.45, 2.75) is 0 Å². The zero-order valence-corrected chi connectivity index (χ0v) is 10.9. The van der Waals surface area contributed by atoms with E-state index in [-0.39, 0.29) is 11.2 Å². The van der Waals surface area contributed by atoms with Crippen molar-refractivity contribution in [1.82, 2.24) is 15.0 Å². The first-order valence-corrected chi connectivity index (χ1v) is 5.73. The molecule has 16 heavy (non-hydrogen) atoms. The monoisotopic (exact) mass is 318 g/mol. The fourth-order valence-corrected chi connectivity index (χ4v) is 1.92. The maximum atomic E-state index is 5.89. The highest BCUT2D eigenvalue weighted by atomic mass is 79.9. The fraction of sp³-hybridized carbons (Fsp3) is 0. The Hall–Kier alpha value is -0.910. The molecule has 0 fully saturated rings. The van der Waals surface area contributed by atoms with E-state index in [9.17, 15) is 0 Å². The smallest absolute Gasteiger partial charge is 0.227 e. The van der Waals surface area contributed by atoms with E-state index in [4.69, 9.17) is 28.9 Å². The quantitative estimate of drug-likeness (QED) is 0.876. The van der Waals surface area contributed by atoms with Crippen molar-refractivity contribution in [3.8, 4) is 11.4 Å². The molecule has 2 N–H and O–H groups in total. The number of aromatic nitrogens is 3. The summed E-state index contributed by atoms with van der Waals surface area (Å²) in [6, 6.07) is 5.27. The average Bonchev–Trinajstić information content (AvgIpc) is 2.20. The zero-order chi connectivity index (χ0) is 11.7. The third-order valence-corrected chi connectivity index (χ3v) is 2.89. The summed E-state index contributed by atoms with van der Waals surface area (Å²) in [7, 11) is 0. The van der Waals surface area contributed by atoms with Crippen LogP contribution in [0.1, 0.15) is 0 Å². The van der Waals surface area contributed by atoms with E-state index < -0.39 is 0 Å². The van der Waals surface area contributed by atoms with Crippen molar-refractivity contribution in [2.75, 3.05) is 5.73 Å².